The smallest absolute Gasteiger partial charge is 0.362 e. The number of esters is 2. The second kappa shape index (κ2) is 6.79. The molecule has 9 heteroatoms. The first-order valence-corrected chi connectivity index (χ1v) is 8.63. The highest BCUT2D eigenvalue weighted by Gasteiger charge is 2.53. The Balaban J connectivity index is 2.03. The van der Waals surface area contributed by atoms with Gasteiger partial charge in [0.15, 0.2) is 0 Å². The average Bonchev–Trinajstić information content (AvgIpc) is 3.44. The van der Waals surface area contributed by atoms with Gasteiger partial charge < -0.3 is 19.5 Å². The molecule has 1 N–H and O–H groups in total. The quantitative estimate of drug-likeness (QED) is 0.607. The molecular weight excluding hydrogens is 359 g/mol. The van der Waals surface area contributed by atoms with E-state index in [0.717, 1.165) is 39.2 Å². The van der Waals surface area contributed by atoms with Crippen LogP contribution in [0.25, 0.3) is 0 Å². The van der Waals surface area contributed by atoms with E-state index in [9.17, 15) is 19.5 Å². The molecule has 2 fully saturated rings. The summed E-state index contributed by atoms with van der Waals surface area (Å²) in [6.07, 6.45) is 4.12. The van der Waals surface area contributed by atoms with Crippen LogP contribution in [0.5, 0.6) is 0 Å². The number of alkyl halides is 1. The van der Waals surface area contributed by atoms with Crippen LogP contribution in [0, 0.1) is 5.41 Å². The molecule has 2 aliphatic rings. The van der Waals surface area contributed by atoms with Gasteiger partial charge in [0.05, 0.1) is 14.2 Å². The molecular formula is C18H21FN2O6. The summed E-state index contributed by atoms with van der Waals surface area (Å²) in [7, 11) is 1.87. The molecule has 1 saturated heterocycles. The minimum Gasteiger partial charge on any atom is -0.478 e. The number of pyridine rings is 1. The van der Waals surface area contributed by atoms with Gasteiger partial charge in [-0.25, -0.2) is 23.8 Å². The predicted octanol–water partition coefficient (Wildman–Crippen LogP) is 1.67. The van der Waals surface area contributed by atoms with Gasteiger partial charge in [-0.05, 0) is 43.2 Å². The number of halogens is 1. The Morgan fingerprint density at radius 3 is 2.11 bits per heavy atom. The minimum atomic E-state index is -3.28. The number of aromatic carboxylic acids is 1. The van der Waals surface area contributed by atoms with Crippen molar-refractivity contribution in [1.29, 1.82) is 0 Å². The number of carboxylic acids is 1. The fraction of sp³-hybridized carbons (Fsp3) is 0.556. The normalized spacial score (nSPS) is 18.1. The van der Waals surface area contributed by atoms with E-state index in [2.05, 4.69) is 14.5 Å². The summed E-state index contributed by atoms with van der Waals surface area (Å²) in [5, 5.41) is 9.47. The van der Waals surface area contributed by atoms with Crippen LogP contribution >= 0.6 is 0 Å². The Labute approximate surface area is 155 Å². The van der Waals surface area contributed by atoms with Crippen LogP contribution in [0.15, 0.2) is 12.1 Å². The summed E-state index contributed by atoms with van der Waals surface area (Å²) in [4.78, 5) is 41.4. The number of rotatable bonds is 5. The van der Waals surface area contributed by atoms with E-state index in [1.165, 1.54) is 12.8 Å². The number of hydrogen-bond donors (Lipinski definition) is 1. The molecule has 0 bridgehead atoms. The van der Waals surface area contributed by atoms with Gasteiger partial charge >= 0.3 is 23.6 Å². The van der Waals surface area contributed by atoms with Crippen molar-refractivity contribution in [2.75, 3.05) is 32.2 Å². The predicted molar refractivity (Wildman–Crippen MR) is 91.1 cm³/mol. The number of nitrogens with zero attached hydrogens (tertiary/aromatic N) is 2. The largest absolute Gasteiger partial charge is 0.478 e. The lowest BCUT2D eigenvalue weighted by Crippen LogP contribution is -2.43. The van der Waals surface area contributed by atoms with E-state index >= 15 is 4.39 Å². The third-order valence-electron chi connectivity index (χ3n) is 5.47. The molecule has 0 unspecified atom stereocenters. The molecule has 0 radical (unpaired) electrons. The van der Waals surface area contributed by atoms with Crippen LogP contribution in [0.1, 0.15) is 41.7 Å². The number of aromatic nitrogens is 1. The van der Waals surface area contributed by atoms with Crippen LogP contribution in [-0.2, 0) is 24.7 Å². The summed E-state index contributed by atoms with van der Waals surface area (Å²) in [6.45, 7) is 1.15. The molecule has 1 aliphatic heterocycles. The standard InChI is InChI=1S/C18H21FN2O6/c1-26-15(24)18(19,16(25)27-2)12-4-3-11(14(22)23)13(20-12)21-9-7-17(5-6-17)8-10-21/h3-4H,5-10H2,1-2H3,(H,22,23). The first-order valence-electron chi connectivity index (χ1n) is 8.63. The summed E-state index contributed by atoms with van der Waals surface area (Å²) < 4.78 is 24.2. The third kappa shape index (κ3) is 3.22. The summed E-state index contributed by atoms with van der Waals surface area (Å²) in [5.74, 6) is -4.15. The van der Waals surface area contributed by atoms with Crippen molar-refractivity contribution in [3.05, 3.63) is 23.4 Å². The van der Waals surface area contributed by atoms with E-state index in [1.54, 1.807) is 4.90 Å². The van der Waals surface area contributed by atoms with Gasteiger partial charge in [-0.3, -0.25) is 0 Å². The summed E-state index contributed by atoms with van der Waals surface area (Å²) in [5.41, 5.74) is -3.61. The zero-order valence-electron chi connectivity index (χ0n) is 15.2. The molecule has 0 aromatic carbocycles. The molecule has 1 saturated carbocycles. The molecule has 0 atom stereocenters. The highest BCUT2D eigenvalue weighted by Crippen LogP contribution is 2.54. The van der Waals surface area contributed by atoms with Gasteiger partial charge in [0, 0.05) is 13.1 Å². The molecule has 8 nitrogen and oxygen atoms in total. The van der Waals surface area contributed by atoms with E-state index in [1.807, 2.05) is 0 Å². The van der Waals surface area contributed by atoms with Crippen molar-refractivity contribution < 1.29 is 33.4 Å². The number of carbonyl (C=O) groups is 3. The number of hydrogen-bond acceptors (Lipinski definition) is 7. The number of ether oxygens (including phenoxy) is 2. The van der Waals surface area contributed by atoms with Gasteiger partial charge in [0.1, 0.15) is 17.1 Å². The SMILES string of the molecule is COC(=O)C(F)(C(=O)OC)c1ccc(C(=O)O)c(N2CCC3(CC2)CC3)n1. The Morgan fingerprint density at radius 2 is 1.67 bits per heavy atom. The molecule has 1 aromatic rings. The second-order valence-electron chi connectivity index (χ2n) is 7.00. The topological polar surface area (TPSA) is 106 Å². The minimum absolute atomic E-state index is 0.0327. The summed E-state index contributed by atoms with van der Waals surface area (Å²) >= 11 is 0. The highest BCUT2D eigenvalue weighted by molar-refractivity contribution is 6.04. The molecule has 1 aliphatic carbocycles. The van der Waals surface area contributed by atoms with Gasteiger partial charge in [-0.1, -0.05) is 0 Å². The Hall–Kier alpha value is -2.71. The average molecular weight is 380 g/mol. The van der Waals surface area contributed by atoms with Crippen LogP contribution in [0.2, 0.25) is 0 Å². The number of anilines is 1. The highest BCUT2D eigenvalue weighted by atomic mass is 19.1. The van der Waals surface area contributed by atoms with Gasteiger partial charge in [0.25, 0.3) is 0 Å². The molecule has 27 heavy (non-hydrogen) atoms. The number of methoxy groups -OCH3 is 2. The lowest BCUT2D eigenvalue weighted by atomic mass is 9.93. The molecule has 1 aromatic heterocycles. The van der Waals surface area contributed by atoms with Crippen LogP contribution < -0.4 is 4.90 Å². The van der Waals surface area contributed by atoms with E-state index in [4.69, 9.17) is 0 Å². The lowest BCUT2D eigenvalue weighted by molar-refractivity contribution is -0.172. The Bertz CT molecular complexity index is 766. The number of carboxylic acid groups (broad SMARTS) is 1. The maximum absolute atomic E-state index is 15.3. The zero-order valence-corrected chi connectivity index (χ0v) is 15.2. The van der Waals surface area contributed by atoms with Gasteiger partial charge in [-0.15, -0.1) is 0 Å². The first-order chi connectivity index (χ1) is 12.8. The first kappa shape index (κ1) is 19.1. The van der Waals surface area contributed by atoms with Crippen LogP contribution in [0.3, 0.4) is 0 Å². The van der Waals surface area contributed by atoms with Crippen molar-refractivity contribution in [2.45, 2.75) is 31.4 Å². The maximum Gasteiger partial charge on any atom is 0.362 e. The monoisotopic (exact) mass is 380 g/mol. The fourth-order valence-electron chi connectivity index (χ4n) is 3.49. The van der Waals surface area contributed by atoms with Crippen molar-refractivity contribution in [2.24, 2.45) is 5.41 Å². The zero-order chi connectivity index (χ0) is 19.8. The molecule has 2 heterocycles. The molecule has 3 rings (SSSR count). The van der Waals surface area contributed by atoms with Crippen molar-refractivity contribution >= 4 is 23.7 Å². The second-order valence-corrected chi connectivity index (χ2v) is 7.00. The third-order valence-corrected chi connectivity index (χ3v) is 5.47. The summed E-state index contributed by atoms with van der Waals surface area (Å²) in [6, 6.07) is 2.13. The lowest BCUT2D eigenvalue weighted by Gasteiger charge is -2.34. The Kier molecular flexibility index (Phi) is 4.79. The van der Waals surface area contributed by atoms with Gasteiger partial charge in [0.2, 0.25) is 0 Å². The van der Waals surface area contributed by atoms with Crippen LogP contribution in [0.4, 0.5) is 10.2 Å². The number of carbonyl (C=O) groups excluding carboxylic acids is 2. The fourth-order valence-corrected chi connectivity index (χ4v) is 3.49. The van der Waals surface area contributed by atoms with E-state index in [0.29, 0.717) is 18.5 Å². The molecule has 1 spiro atoms. The number of piperidine rings is 1. The van der Waals surface area contributed by atoms with E-state index < -0.39 is 29.3 Å². The maximum atomic E-state index is 15.3. The van der Waals surface area contributed by atoms with Crippen LogP contribution in [-0.4, -0.2) is 55.3 Å². The van der Waals surface area contributed by atoms with E-state index in [-0.39, 0.29) is 11.4 Å². The van der Waals surface area contributed by atoms with Gasteiger partial charge in [-0.2, -0.15) is 0 Å². The Morgan fingerprint density at radius 1 is 1.11 bits per heavy atom. The van der Waals surface area contributed by atoms with Crippen molar-refractivity contribution in [3.63, 3.8) is 0 Å². The van der Waals surface area contributed by atoms with Crippen molar-refractivity contribution in [3.8, 4) is 0 Å². The molecule has 146 valence electrons. The molecule has 0 amide bonds. The van der Waals surface area contributed by atoms with Crippen molar-refractivity contribution in [1.82, 2.24) is 4.98 Å².